The number of nitrogens with zero attached hydrogens (tertiary/aromatic N) is 1. The first-order valence-electron chi connectivity index (χ1n) is 23.8. The van der Waals surface area contributed by atoms with Gasteiger partial charge in [-0.25, -0.2) is 0 Å². The monoisotopic (exact) mass is 895 g/mol. The fourth-order valence-electron chi connectivity index (χ4n) is 12.6. The first-order chi connectivity index (χ1) is 34.2. The van der Waals surface area contributed by atoms with Gasteiger partial charge in [-0.05, 0) is 144 Å². The van der Waals surface area contributed by atoms with Crippen LogP contribution in [0.1, 0.15) is 44.5 Å². The Kier molecular flexibility index (Phi) is 8.17. The summed E-state index contributed by atoms with van der Waals surface area (Å²) in [5, 5.41) is 2.39. The quantitative estimate of drug-likeness (QED) is 0.175. The fourth-order valence-corrected chi connectivity index (χ4v) is 13.8. The topological polar surface area (TPSA) is 12.5 Å². The highest BCUT2D eigenvalue weighted by atomic mass is 32.2. The molecule has 2 aliphatic carbocycles. The Morgan fingerprint density at radius 3 is 1.30 bits per heavy atom. The number of para-hydroxylation sites is 2. The van der Waals surface area contributed by atoms with Gasteiger partial charge in [-0.15, -0.1) is 0 Å². The molecule has 69 heavy (non-hydrogen) atoms. The number of ether oxygens (including phenoxy) is 1. The number of hydrogen-bond donors (Lipinski definition) is 0. The molecule has 11 aromatic rings. The van der Waals surface area contributed by atoms with Crippen molar-refractivity contribution in [2.45, 2.75) is 20.6 Å². The molecule has 2 spiro atoms. The second-order valence-electron chi connectivity index (χ2n) is 18.7. The third-order valence-corrected chi connectivity index (χ3v) is 16.5. The lowest BCUT2D eigenvalue weighted by Crippen LogP contribution is -2.32. The molecular formula is C66H41NOS. The van der Waals surface area contributed by atoms with E-state index in [4.69, 9.17) is 4.74 Å². The first kappa shape index (κ1) is 38.7. The van der Waals surface area contributed by atoms with E-state index in [2.05, 4.69) is 254 Å². The van der Waals surface area contributed by atoms with Gasteiger partial charge in [0.05, 0.1) is 10.8 Å². The van der Waals surface area contributed by atoms with Crippen LogP contribution in [0.15, 0.2) is 259 Å². The number of anilines is 3. The van der Waals surface area contributed by atoms with Crippen LogP contribution < -0.4 is 9.64 Å². The summed E-state index contributed by atoms with van der Waals surface area (Å²) < 4.78 is 6.75. The van der Waals surface area contributed by atoms with Crippen molar-refractivity contribution in [2.24, 2.45) is 0 Å². The summed E-state index contributed by atoms with van der Waals surface area (Å²) in [4.78, 5) is 5.10. The molecule has 0 atom stereocenters. The number of fused-ring (bicyclic) bond motifs is 19. The van der Waals surface area contributed by atoms with Crippen molar-refractivity contribution in [3.05, 3.63) is 293 Å². The van der Waals surface area contributed by atoms with Crippen molar-refractivity contribution in [2.75, 3.05) is 4.90 Å². The lowest BCUT2D eigenvalue weighted by Gasteiger charge is -2.40. The van der Waals surface area contributed by atoms with E-state index in [9.17, 15) is 0 Å². The zero-order valence-corrected chi connectivity index (χ0v) is 38.3. The van der Waals surface area contributed by atoms with Crippen LogP contribution in [0.3, 0.4) is 0 Å². The SMILES string of the molecule is c1ccc(-c2ccc3cc(N(c4ccc5c(c4)C4(c6ccccc6Oc6ccccc64)c4ccccc4-5)c4ccc5c(c4)C4(c6ccccc6Sc6ccccc64)c4ccccc4-5)ccc3c2)cc1. The molecule has 2 nitrogen and oxygen atoms in total. The van der Waals surface area contributed by atoms with Crippen LogP contribution >= 0.6 is 11.8 Å². The minimum absolute atomic E-state index is 0.511. The molecule has 322 valence electrons. The van der Waals surface area contributed by atoms with Crippen LogP contribution in [-0.2, 0) is 10.8 Å². The molecule has 2 heterocycles. The molecule has 3 heteroatoms. The second kappa shape index (κ2) is 14.6. The van der Waals surface area contributed by atoms with Gasteiger partial charge in [-0.2, -0.15) is 0 Å². The van der Waals surface area contributed by atoms with Crippen molar-refractivity contribution in [3.63, 3.8) is 0 Å². The van der Waals surface area contributed by atoms with E-state index in [0.29, 0.717) is 0 Å². The van der Waals surface area contributed by atoms with Crippen LogP contribution in [0, 0.1) is 0 Å². The molecule has 15 rings (SSSR count). The van der Waals surface area contributed by atoms with Gasteiger partial charge in [0.2, 0.25) is 0 Å². The van der Waals surface area contributed by atoms with Gasteiger partial charge in [0, 0.05) is 38.0 Å². The fraction of sp³-hybridized carbons (Fsp3) is 0.0303. The van der Waals surface area contributed by atoms with Crippen LogP contribution in [0.4, 0.5) is 17.1 Å². The van der Waals surface area contributed by atoms with Crippen LogP contribution in [0.5, 0.6) is 11.5 Å². The van der Waals surface area contributed by atoms with E-state index in [0.717, 1.165) is 39.7 Å². The van der Waals surface area contributed by atoms with Gasteiger partial charge in [0.25, 0.3) is 0 Å². The minimum atomic E-state index is -0.604. The lowest BCUT2D eigenvalue weighted by molar-refractivity contribution is 0.436. The molecule has 0 amide bonds. The van der Waals surface area contributed by atoms with Gasteiger partial charge in [0.15, 0.2) is 0 Å². The number of rotatable bonds is 4. The summed E-state index contributed by atoms with van der Waals surface area (Å²) in [5.41, 5.74) is 19.8. The molecule has 0 radical (unpaired) electrons. The average molecular weight is 896 g/mol. The predicted octanol–water partition coefficient (Wildman–Crippen LogP) is 17.3. The normalized spacial score (nSPS) is 14.4. The maximum absolute atomic E-state index is 6.75. The molecule has 11 aromatic carbocycles. The smallest absolute Gasteiger partial charge is 0.132 e. The summed E-state index contributed by atoms with van der Waals surface area (Å²) in [6.07, 6.45) is 0. The van der Waals surface area contributed by atoms with Gasteiger partial charge in [-0.3, -0.25) is 0 Å². The Hall–Kier alpha value is -8.37. The van der Waals surface area contributed by atoms with Gasteiger partial charge < -0.3 is 9.64 Å². The summed E-state index contributed by atoms with van der Waals surface area (Å²) in [6.45, 7) is 0. The highest BCUT2D eigenvalue weighted by Gasteiger charge is 2.52. The highest BCUT2D eigenvalue weighted by molar-refractivity contribution is 7.99. The molecule has 0 fully saturated rings. The Morgan fingerprint density at radius 1 is 0.290 bits per heavy atom. The summed E-state index contributed by atoms with van der Waals surface area (Å²) in [5.74, 6) is 1.78. The van der Waals surface area contributed by atoms with E-state index >= 15 is 0 Å². The maximum atomic E-state index is 6.75. The molecule has 0 saturated carbocycles. The molecule has 0 bridgehead atoms. The van der Waals surface area contributed by atoms with Gasteiger partial charge in [0.1, 0.15) is 11.5 Å². The standard InChI is InChI=1S/C66H41NOS/c1-2-16-42(17-3-1)43-30-31-45-39-46(33-32-44(45)38-43)67(47-34-36-51-49-18-4-6-20-53(49)65(59(51)40-47)55-22-8-12-26-61(55)68-62-27-13-9-23-56(62)65)48-35-37-52-50-19-5-7-21-54(50)66(60(52)41-48)57-24-10-14-28-63(57)69-64-29-15-11-25-58(64)66/h1-41H. The predicted molar refractivity (Wildman–Crippen MR) is 283 cm³/mol. The molecule has 0 unspecified atom stereocenters. The Bertz CT molecular complexity index is 3660. The van der Waals surface area contributed by atoms with E-state index in [-0.39, 0.29) is 0 Å². The van der Waals surface area contributed by atoms with Crippen LogP contribution in [0.2, 0.25) is 0 Å². The van der Waals surface area contributed by atoms with E-state index < -0.39 is 10.8 Å². The van der Waals surface area contributed by atoms with Crippen molar-refractivity contribution in [3.8, 4) is 44.9 Å². The van der Waals surface area contributed by atoms with Crippen molar-refractivity contribution < 1.29 is 4.74 Å². The summed E-state index contributed by atoms with van der Waals surface area (Å²) in [7, 11) is 0. The average Bonchev–Trinajstić information content (AvgIpc) is 3.86. The third kappa shape index (κ3) is 5.28. The molecule has 0 aromatic heterocycles. The van der Waals surface area contributed by atoms with Gasteiger partial charge in [-0.1, -0.05) is 194 Å². The Labute approximate surface area is 405 Å². The lowest BCUT2D eigenvalue weighted by atomic mass is 9.66. The molecule has 0 saturated heterocycles. The molecule has 2 aliphatic heterocycles. The number of hydrogen-bond acceptors (Lipinski definition) is 3. The molecule has 4 aliphatic rings. The van der Waals surface area contributed by atoms with E-state index in [1.807, 2.05) is 11.8 Å². The van der Waals surface area contributed by atoms with E-state index in [1.165, 1.54) is 87.3 Å². The van der Waals surface area contributed by atoms with Crippen LogP contribution in [-0.4, -0.2) is 0 Å². The number of benzene rings is 11. The molecule has 0 N–H and O–H groups in total. The van der Waals surface area contributed by atoms with Crippen molar-refractivity contribution >= 4 is 39.6 Å². The minimum Gasteiger partial charge on any atom is -0.457 e. The van der Waals surface area contributed by atoms with E-state index in [1.54, 1.807) is 0 Å². The zero-order chi connectivity index (χ0) is 45.3. The second-order valence-corrected chi connectivity index (χ2v) is 19.8. The Balaban J connectivity index is 1.00. The summed E-state index contributed by atoms with van der Waals surface area (Å²) in [6, 6.07) is 92.5. The van der Waals surface area contributed by atoms with Crippen molar-refractivity contribution in [1.29, 1.82) is 0 Å². The Morgan fingerprint density at radius 2 is 0.710 bits per heavy atom. The molecular weight excluding hydrogens is 855 g/mol. The highest BCUT2D eigenvalue weighted by Crippen LogP contribution is 2.65. The largest absolute Gasteiger partial charge is 0.457 e. The van der Waals surface area contributed by atoms with Crippen molar-refractivity contribution in [1.82, 2.24) is 0 Å². The summed E-state index contributed by atoms with van der Waals surface area (Å²) >= 11 is 1.89. The third-order valence-electron chi connectivity index (χ3n) is 15.4. The first-order valence-corrected chi connectivity index (χ1v) is 24.6. The van der Waals surface area contributed by atoms with Gasteiger partial charge >= 0.3 is 0 Å². The van der Waals surface area contributed by atoms with Crippen LogP contribution in [0.25, 0.3) is 44.2 Å². The zero-order valence-electron chi connectivity index (χ0n) is 37.4. The maximum Gasteiger partial charge on any atom is 0.132 e.